The molecule has 1 heterocycles. The maximum absolute atomic E-state index is 12.3. The molecule has 0 aliphatic carbocycles. The van der Waals surface area contributed by atoms with E-state index < -0.39 is 10.0 Å². The normalized spacial score (nSPS) is 11.7. The summed E-state index contributed by atoms with van der Waals surface area (Å²) in [6, 6.07) is 13.4. The number of rotatable bonds is 5. The number of fused-ring (bicyclic) bond motifs is 1. The van der Waals surface area contributed by atoms with Crippen molar-refractivity contribution >= 4 is 26.8 Å². The number of aromatic amines is 1. The fraction of sp³-hybridized carbons (Fsp3) is 0.125. The van der Waals surface area contributed by atoms with Gasteiger partial charge in [0.05, 0.1) is 22.5 Å². The molecule has 0 amide bonds. The average Bonchev–Trinajstić information content (AvgIpc) is 2.96. The van der Waals surface area contributed by atoms with E-state index in [4.69, 9.17) is 0 Å². The average molecular weight is 329 g/mol. The van der Waals surface area contributed by atoms with Crippen molar-refractivity contribution in [2.45, 2.75) is 18.4 Å². The molecule has 2 aromatic carbocycles. The predicted octanol–water partition coefficient (Wildman–Crippen LogP) is 2.24. The number of hydrogen-bond acceptors (Lipinski definition) is 4. The molecule has 0 unspecified atom stereocenters. The maximum Gasteiger partial charge on any atom is 0.240 e. The van der Waals surface area contributed by atoms with Crippen molar-refractivity contribution < 1.29 is 13.2 Å². The third-order valence-electron chi connectivity index (χ3n) is 3.42. The molecule has 3 aromatic rings. The second-order valence-electron chi connectivity index (χ2n) is 5.11. The summed E-state index contributed by atoms with van der Waals surface area (Å²) in [7, 11) is -3.71. The molecule has 118 valence electrons. The number of Topliss-reactive ketones (excluding diaryl/α,β-unsaturated/α-hetero) is 1. The van der Waals surface area contributed by atoms with Gasteiger partial charge in [0, 0.05) is 5.56 Å². The molecule has 0 saturated carbocycles. The van der Waals surface area contributed by atoms with Gasteiger partial charge in [0.25, 0.3) is 0 Å². The number of hydrogen-bond donors (Lipinski definition) is 2. The maximum atomic E-state index is 12.3. The second kappa shape index (κ2) is 5.94. The standard InChI is InChI=1S/C16H15N3O3S/c1-11(20)12-5-4-6-13(9-12)23(21,22)17-10-16-18-14-7-2-3-8-15(14)19-16/h2-9,17H,10H2,1H3,(H,18,19). The fourth-order valence-electron chi connectivity index (χ4n) is 2.22. The van der Waals surface area contributed by atoms with Crippen molar-refractivity contribution in [3.8, 4) is 0 Å². The van der Waals surface area contributed by atoms with E-state index in [2.05, 4.69) is 14.7 Å². The monoisotopic (exact) mass is 329 g/mol. The van der Waals surface area contributed by atoms with Gasteiger partial charge in [0.15, 0.2) is 5.78 Å². The number of ketones is 1. The lowest BCUT2D eigenvalue weighted by Gasteiger charge is -2.06. The summed E-state index contributed by atoms with van der Waals surface area (Å²) in [5.41, 5.74) is 1.98. The molecule has 0 radical (unpaired) electrons. The van der Waals surface area contributed by atoms with Crippen molar-refractivity contribution in [2.24, 2.45) is 0 Å². The highest BCUT2D eigenvalue weighted by Crippen LogP contribution is 2.14. The molecule has 0 aliphatic rings. The van der Waals surface area contributed by atoms with E-state index in [1.165, 1.54) is 19.1 Å². The van der Waals surface area contributed by atoms with Crippen LogP contribution in [-0.4, -0.2) is 24.2 Å². The Hall–Kier alpha value is -2.51. The van der Waals surface area contributed by atoms with Crippen LogP contribution >= 0.6 is 0 Å². The third kappa shape index (κ3) is 3.30. The minimum absolute atomic E-state index is 0.0430. The van der Waals surface area contributed by atoms with Crippen molar-refractivity contribution in [3.05, 3.63) is 59.9 Å². The quantitative estimate of drug-likeness (QED) is 0.702. The van der Waals surface area contributed by atoms with Gasteiger partial charge >= 0.3 is 0 Å². The molecule has 7 heteroatoms. The third-order valence-corrected chi connectivity index (χ3v) is 4.82. The number of nitrogens with one attached hydrogen (secondary N) is 2. The van der Waals surface area contributed by atoms with Crippen LogP contribution < -0.4 is 4.72 Å². The topological polar surface area (TPSA) is 91.9 Å². The van der Waals surface area contributed by atoms with Crippen LogP contribution in [0.2, 0.25) is 0 Å². The highest BCUT2D eigenvalue weighted by molar-refractivity contribution is 7.89. The minimum atomic E-state index is -3.71. The largest absolute Gasteiger partial charge is 0.341 e. The van der Waals surface area contributed by atoms with E-state index in [0.29, 0.717) is 11.4 Å². The number of benzene rings is 2. The summed E-state index contributed by atoms with van der Waals surface area (Å²) in [6.07, 6.45) is 0. The Kier molecular flexibility index (Phi) is 3.97. The predicted molar refractivity (Wildman–Crippen MR) is 86.6 cm³/mol. The summed E-state index contributed by atoms with van der Waals surface area (Å²) in [4.78, 5) is 18.8. The van der Waals surface area contributed by atoms with Crippen molar-refractivity contribution in [2.75, 3.05) is 0 Å². The van der Waals surface area contributed by atoms with Gasteiger partial charge in [-0.05, 0) is 31.2 Å². The first kappa shape index (κ1) is 15.4. The van der Waals surface area contributed by atoms with E-state index in [9.17, 15) is 13.2 Å². The Balaban J connectivity index is 1.81. The number of carbonyl (C=O) groups excluding carboxylic acids is 1. The van der Waals surface area contributed by atoms with Crippen molar-refractivity contribution in [1.82, 2.24) is 14.7 Å². The number of nitrogens with zero attached hydrogens (tertiary/aromatic N) is 1. The van der Waals surface area contributed by atoms with E-state index >= 15 is 0 Å². The Morgan fingerprint density at radius 1 is 1.17 bits per heavy atom. The molecule has 0 spiro atoms. The zero-order valence-electron chi connectivity index (χ0n) is 12.4. The van der Waals surface area contributed by atoms with Crippen LogP contribution in [0.4, 0.5) is 0 Å². The number of carbonyl (C=O) groups is 1. The summed E-state index contributed by atoms with van der Waals surface area (Å²) in [5, 5.41) is 0. The molecule has 1 aromatic heterocycles. The molecular weight excluding hydrogens is 314 g/mol. The van der Waals surface area contributed by atoms with Crippen molar-refractivity contribution in [3.63, 3.8) is 0 Å². The number of imidazole rings is 1. The number of H-pyrrole nitrogens is 1. The SMILES string of the molecule is CC(=O)c1cccc(S(=O)(=O)NCc2nc3ccccc3[nH]2)c1. The van der Waals surface area contributed by atoms with E-state index in [1.54, 1.807) is 12.1 Å². The van der Waals surface area contributed by atoms with E-state index in [1.807, 2.05) is 24.3 Å². The first-order valence-electron chi connectivity index (χ1n) is 7.00. The highest BCUT2D eigenvalue weighted by atomic mass is 32.2. The molecule has 0 aliphatic heterocycles. The second-order valence-corrected chi connectivity index (χ2v) is 6.88. The van der Waals surface area contributed by atoms with Crippen LogP contribution in [0.25, 0.3) is 11.0 Å². The fourth-order valence-corrected chi connectivity index (χ4v) is 3.25. The molecule has 3 rings (SSSR count). The van der Waals surface area contributed by atoms with Gasteiger partial charge in [-0.2, -0.15) is 0 Å². The molecule has 0 bridgehead atoms. The van der Waals surface area contributed by atoms with Gasteiger partial charge in [-0.25, -0.2) is 18.1 Å². The van der Waals surface area contributed by atoms with Crippen LogP contribution in [-0.2, 0) is 16.6 Å². The van der Waals surface area contributed by atoms with Crippen LogP contribution in [0.1, 0.15) is 23.1 Å². The molecule has 2 N–H and O–H groups in total. The molecule has 6 nitrogen and oxygen atoms in total. The summed E-state index contributed by atoms with van der Waals surface area (Å²) in [6.45, 7) is 1.44. The van der Waals surface area contributed by atoms with Gasteiger partial charge < -0.3 is 4.98 Å². The first-order valence-corrected chi connectivity index (χ1v) is 8.48. The summed E-state index contributed by atoms with van der Waals surface area (Å²) >= 11 is 0. The molecule has 0 saturated heterocycles. The lowest BCUT2D eigenvalue weighted by molar-refractivity contribution is 0.101. The van der Waals surface area contributed by atoms with Gasteiger partial charge in [-0.3, -0.25) is 4.79 Å². The minimum Gasteiger partial charge on any atom is -0.341 e. The molecule has 0 atom stereocenters. The summed E-state index contributed by atoms with van der Waals surface area (Å²) in [5.74, 6) is 0.344. The van der Waals surface area contributed by atoms with Gasteiger partial charge in [0.1, 0.15) is 5.82 Å². The van der Waals surface area contributed by atoms with Gasteiger partial charge in [-0.15, -0.1) is 0 Å². The number of para-hydroxylation sites is 2. The van der Waals surface area contributed by atoms with Crippen LogP contribution in [0, 0.1) is 0 Å². The van der Waals surface area contributed by atoms with Gasteiger partial charge in [-0.1, -0.05) is 24.3 Å². The Bertz CT molecular complexity index is 944. The zero-order chi connectivity index (χ0) is 16.4. The Morgan fingerprint density at radius 3 is 2.70 bits per heavy atom. The van der Waals surface area contributed by atoms with Crippen molar-refractivity contribution in [1.29, 1.82) is 0 Å². The van der Waals surface area contributed by atoms with Crippen LogP contribution in [0.5, 0.6) is 0 Å². The summed E-state index contributed by atoms with van der Waals surface area (Å²) < 4.78 is 27.1. The molecule has 0 fully saturated rings. The molecule has 23 heavy (non-hydrogen) atoms. The smallest absolute Gasteiger partial charge is 0.240 e. The van der Waals surface area contributed by atoms with Crippen LogP contribution in [0.3, 0.4) is 0 Å². The number of sulfonamides is 1. The highest BCUT2D eigenvalue weighted by Gasteiger charge is 2.16. The molecular formula is C16H15N3O3S. The van der Waals surface area contributed by atoms with E-state index in [0.717, 1.165) is 11.0 Å². The zero-order valence-corrected chi connectivity index (χ0v) is 13.2. The Morgan fingerprint density at radius 2 is 1.96 bits per heavy atom. The van der Waals surface area contributed by atoms with Crippen LogP contribution in [0.15, 0.2) is 53.4 Å². The first-order chi connectivity index (χ1) is 11.0. The van der Waals surface area contributed by atoms with E-state index in [-0.39, 0.29) is 17.2 Å². The Labute approximate surface area is 133 Å². The lowest BCUT2D eigenvalue weighted by atomic mass is 10.2. The van der Waals surface area contributed by atoms with Gasteiger partial charge in [0.2, 0.25) is 10.0 Å². The number of aromatic nitrogens is 2. The lowest BCUT2D eigenvalue weighted by Crippen LogP contribution is -2.24.